The highest BCUT2D eigenvalue weighted by atomic mass is 16.4. The summed E-state index contributed by atoms with van der Waals surface area (Å²) in [5.41, 5.74) is 1.27. The second kappa shape index (κ2) is 14.3. The molecule has 0 radical (unpaired) electrons. The minimum absolute atomic E-state index is 0.0198. The average Bonchev–Trinajstić information content (AvgIpc) is 3.26. The Balaban J connectivity index is 1.89. The van der Waals surface area contributed by atoms with Crippen molar-refractivity contribution in [3.8, 4) is 5.75 Å². The number of carboxylic acid groups (broad SMARTS) is 1. The Hall–Kier alpha value is -2.69. The van der Waals surface area contributed by atoms with Gasteiger partial charge in [-0.3, -0.25) is 0 Å². The monoisotopic (exact) mass is 426 g/mol. The fraction of sp³-hybridized carbons (Fsp3) is 0.500. The Morgan fingerprint density at radius 3 is 2.45 bits per heavy atom. The Morgan fingerprint density at radius 1 is 1.03 bits per heavy atom. The number of anilines is 1. The topological polar surface area (TPSA) is 85.4 Å². The maximum Gasteiger partial charge on any atom is 0.328 e. The molecular weight excluding hydrogens is 388 g/mol. The van der Waals surface area contributed by atoms with Crippen LogP contribution in [-0.4, -0.2) is 27.2 Å². The lowest BCUT2D eigenvalue weighted by atomic mass is 9.88. The van der Waals surface area contributed by atoms with E-state index in [1.54, 1.807) is 18.2 Å². The number of hydrogen-bond acceptors (Lipinski definition) is 3. The van der Waals surface area contributed by atoms with Gasteiger partial charge in [-0.1, -0.05) is 76.5 Å². The molecule has 31 heavy (non-hydrogen) atoms. The zero-order valence-corrected chi connectivity index (χ0v) is 18.7. The van der Waals surface area contributed by atoms with Gasteiger partial charge in [-0.25, -0.2) is 4.79 Å². The smallest absolute Gasteiger partial charge is 0.328 e. The van der Waals surface area contributed by atoms with Gasteiger partial charge in [-0.05, 0) is 48.6 Å². The normalized spacial score (nSPS) is 13.3. The molecule has 0 bridgehead atoms. The van der Waals surface area contributed by atoms with E-state index in [2.05, 4.69) is 17.2 Å². The van der Waals surface area contributed by atoms with Gasteiger partial charge in [0, 0.05) is 18.3 Å². The van der Waals surface area contributed by atoms with Crippen molar-refractivity contribution in [2.75, 3.05) is 5.32 Å². The Bertz CT molecular complexity index is 753. The van der Waals surface area contributed by atoms with E-state index in [0.29, 0.717) is 11.7 Å². The number of rotatable bonds is 16. The zero-order chi connectivity index (χ0) is 22.3. The van der Waals surface area contributed by atoms with E-state index in [9.17, 15) is 9.90 Å². The number of aliphatic carboxylic acids is 1. The van der Waals surface area contributed by atoms with E-state index in [-0.39, 0.29) is 6.04 Å². The van der Waals surface area contributed by atoms with Crippen molar-refractivity contribution in [2.24, 2.45) is 5.92 Å². The van der Waals surface area contributed by atoms with Crippen molar-refractivity contribution in [3.05, 3.63) is 60.3 Å². The van der Waals surface area contributed by atoms with Gasteiger partial charge in [0.2, 0.25) is 0 Å². The number of H-pyrrole nitrogens is 1. The van der Waals surface area contributed by atoms with Crippen LogP contribution < -0.4 is 5.32 Å². The van der Waals surface area contributed by atoms with Crippen molar-refractivity contribution < 1.29 is 15.0 Å². The number of aromatic nitrogens is 1. The Morgan fingerprint density at radius 2 is 1.77 bits per heavy atom. The molecule has 1 aromatic heterocycles. The maximum absolute atomic E-state index is 11.0. The number of hydrogen-bond donors (Lipinski definition) is 4. The van der Waals surface area contributed by atoms with E-state index >= 15 is 0 Å². The van der Waals surface area contributed by atoms with E-state index in [1.165, 1.54) is 50.2 Å². The minimum Gasteiger partial charge on any atom is -0.508 e. The van der Waals surface area contributed by atoms with Gasteiger partial charge in [-0.15, -0.1) is 0 Å². The number of phenols is 1. The van der Waals surface area contributed by atoms with E-state index in [1.807, 2.05) is 30.5 Å². The lowest BCUT2D eigenvalue weighted by molar-refractivity contribution is -0.131. The number of unbranched alkanes of at least 4 members (excludes halogenated alkanes) is 4. The summed E-state index contributed by atoms with van der Waals surface area (Å²) in [6.07, 6.45) is 16.5. The molecule has 0 spiro atoms. The molecule has 5 heteroatoms. The molecule has 1 aromatic carbocycles. The number of nitrogens with one attached hydrogen (secondary N) is 2. The molecule has 0 fully saturated rings. The van der Waals surface area contributed by atoms with Gasteiger partial charge in [0.05, 0.1) is 0 Å². The number of aromatic hydroxyl groups is 1. The van der Waals surface area contributed by atoms with Crippen LogP contribution in [0.5, 0.6) is 5.75 Å². The first-order chi connectivity index (χ1) is 15.1. The SMILES string of the molecule is CCCCCCCC(CCCC(C=CC(=O)O)Nc1ccc[nH]1)Cc1ccc(O)cc1. The zero-order valence-electron chi connectivity index (χ0n) is 18.7. The molecule has 1 heterocycles. The molecule has 4 N–H and O–H groups in total. The van der Waals surface area contributed by atoms with Crippen LogP contribution >= 0.6 is 0 Å². The van der Waals surface area contributed by atoms with Crippen LogP contribution in [0.15, 0.2) is 54.7 Å². The van der Waals surface area contributed by atoms with Crippen molar-refractivity contribution in [3.63, 3.8) is 0 Å². The van der Waals surface area contributed by atoms with Crippen LogP contribution in [0.4, 0.5) is 5.82 Å². The first kappa shape index (κ1) is 24.6. The Kier molecular flexibility index (Phi) is 11.4. The molecule has 0 aliphatic heterocycles. The summed E-state index contributed by atoms with van der Waals surface area (Å²) < 4.78 is 0. The van der Waals surface area contributed by atoms with Gasteiger partial charge >= 0.3 is 5.97 Å². The second-order valence-electron chi connectivity index (χ2n) is 8.40. The van der Waals surface area contributed by atoms with Crippen LogP contribution in [0.2, 0.25) is 0 Å². The van der Waals surface area contributed by atoms with E-state index in [4.69, 9.17) is 5.11 Å². The predicted molar refractivity (Wildman–Crippen MR) is 128 cm³/mol. The number of carboxylic acids is 1. The summed E-state index contributed by atoms with van der Waals surface area (Å²) >= 11 is 0. The lowest BCUT2D eigenvalue weighted by Crippen LogP contribution is -2.18. The molecule has 0 saturated carbocycles. The van der Waals surface area contributed by atoms with Crippen molar-refractivity contribution in [1.29, 1.82) is 0 Å². The summed E-state index contributed by atoms with van der Waals surface area (Å²) in [5.74, 6) is 0.885. The van der Waals surface area contributed by atoms with E-state index < -0.39 is 5.97 Å². The van der Waals surface area contributed by atoms with Gasteiger partial charge in [0.25, 0.3) is 0 Å². The van der Waals surface area contributed by atoms with Crippen molar-refractivity contribution in [2.45, 2.75) is 77.2 Å². The molecule has 0 aliphatic rings. The summed E-state index contributed by atoms with van der Waals surface area (Å²) in [4.78, 5) is 14.1. The molecule has 170 valence electrons. The fourth-order valence-corrected chi connectivity index (χ4v) is 4.01. The quantitative estimate of drug-likeness (QED) is 0.181. The molecule has 0 amide bonds. The highest BCUT2D eigenvalue weighted by Crippen LogP contribution is 2.24. The van der Waals surface area contributed by atoms with Crippen LogP contribution in [0.3, 0.4) is 0 Å². The average molecular weight is 427 g/mol. The third kappa shape index (κ3) is 10.8. The van der Waals surface area contributed by atoms with Gasteiger partial charge in [0.1, 0.15) is 11.6 Å². The van der Waals surface area contributed by atoms with Crippen molar-refractivity contribution in [1.82, 2.24) is 4.98 Å². The molecule has 5 nitrogen and oxygen atoms in total. The first-order valence-electron chi connectivity index (χ1n) is 11.7. The van der Waals surface area contributed by atoms with Gasteiger partial charge < -0.3 is 20.5 Å². The molecule has 0 aliphatic carbocycles. The third-order valence-corrected chi connectivity index (χ3v) is 5.71. The minimum atomic E-state index is -0.921. The largest absolute Gasteiger partial charge is 0.508 e. The molecule has 2 aromatic rings. The summed E-state index contributed by atoms with van der Waals surface area (Å²) in [7, 11) is 0. The number of carbonyl (C=O) groups is 1. The summed E-state index contributed by atoms with van der Waals surface area (Å²) in [5, 5.41) is 21.9. The Labute approximate surface area is 186 Å². The van der Waals surface area contributed by atoms with Gasteiger partial charge in [0.15, 0.2) is 0 Å². The van der Waals surface area contributed by atoms with E-state index in [0.717, 1.165) is 31.5 Å². The second-order valence-corrected chi connectivity index (χ2v) is 8.40. The molecule has 2 atom stereocenters. The number of benzene rings is 1. The molecule has 2 unspecified atom stereocenters. The molecular formula is C26H38N2O3. The number of phenolic OH excluding ortho intramolecular Hbond substituents is 1. The predicted octanol–water partition coefficient (Wildman–Crippen LogP) is 6.53. The maximum atomic E-state index is 11.0. The number of aromatic amines is 1. The van der Waals surface area contributed by atoms with Crippen LogP contribution in [0.1, 0.15) is 70.3 Å². The molecule has 2 rings (SSSR count). The van der Waals surface area contributed by atoms with Crippen molar-refractivity contribution >= 4 is 11.8 Å². The highest BCUT2D eigenvalue weighted by molar-refractivity contribution is 5.79. The van der Waals surface area contributed by atoms with Crippen LogP contribution in [0.25, 0.3) is 0 Å². The molecule has 0 saturated heterocycles. The van der Waals surface area contributed by atoms with Gasteiger partial charge in [-0.2, -0.15) is 0 Å². The lowest BCUT2D eigenvalue weighted by Gasteiger charge is -2.20. The summed E-state index contributed by atoms with van der Waals surface area (Å²) in [6, 6.07) is 11.4. The summed E-state index contributed by atoms with van der Waals surface area (Å²) in [6.45, 7) is 2.24. The highest BCUT2D eigenvalue weighted by Gasteiger charge is 2.13. The van der Waals surface area contributed by atoms with Crippen LogP contribution in [-0.2, 0) is 11.2 Å². The first-order valence-corrected chi connectivity index (χ1v) is 11.7. The third-order valence-electron chi connectivity index (χ3n) is 5.71. The van der Waals surface area contributed by atoms with Crippen LogP contribution in [0, 0.1) is 5.92 Å². The standard InChI is InChI=1S/C26H38N2O3/c1-2-3-4-5-6-9-21(20-22-13-16-24(29)17-14-22)10-7-11-23(15-18-26(30)31)28-25-12-8-19-27-25/h8,12-19,21,23,27-29H,2-7,9-11,20H2,1H3,(H,30,31). The fourth-order valence-electron chi connectivity index (χ4n) is 4.01.